The van der Waals surface area contributed by atoms with Gasteiger partial charge in [0.1, 0.15) is 5.84 Å². The number of oxime groups is 1. The molecule has 0 aliphatic rings. The van der Waals surface area contributed by atoms with Gasteiger partial charge in [-0.25, -0.2) is 0 Å². The number of rotatable bonds is 11. The number of ether oxygens (including phenoxy) is 2. The summed E-state index contributed by atoms with van der Waals surface area (Å²) in [7, 11) is 3.13. The molecule has 0 atom stereocenters. The molecule has 0 bridgehead atoms. The molecule has 0 unspecified atom stereocenters. The lowest BCUT2D eigenvalue weighted by atomic mass is 10.1. The lowest BCUT2D eigenvalue weighted by Gasteiger charge is -2.10. The summed E-state index contributed by atoms with van der Waals surface area (Å²) < 4.78 is 10.4. The molecule has 0 spiro atoms. The van der Waals surface area contributed by atoms with E-state index in [0.717, 1.165) is 5.56 Å². The number of hydrogen-bond donors (Lipinski definition) is 3. The molecule has 0 saturated heterocycles. The van der Waals surface area contributed by atoms with Gasteiger partial charge in [-0.1, -0.05) is 22.8 Å². The van der Waals surface area contributed by atoms with E-state index in [1.54, 1.807) is 44.6 Å². The third-order valence-corrected chi connectivity index (χ3v) is 4.28. The maximum absolute atomic E-state index is 11.9. The topological polar surface area (TPSA) is 124 Å². The van der Waals surface area contributed by atoms with E-state index in [1.165, 1.54) is 0 Å². The molecule has 0 aromatic heterocycles. The second-order valence-electron chi connectivity index (χ2n) is 6.38. The Hall–Kier alpha value is -3.46. The Labute approximate surface area is 185 Å². The number of nitrogens with zero attached hydrogens (tertiary/aromatic N) is 1. The normalized spacial score (nSPS) is 10.9. The van der Waals surface area contributed by atoms with Crippen LogP contribution < -0.4 is 25.8 Å². The summed E-state index contributed by atoms with van der Waals surface area (Å²) in [6.45, 7) is 0.0891. The molecule has 10 heteroatoms. The maximum atomic E-state index is 11.9. The van der Waals surface area contributed by atoms with Gasteiger partial charge in [0, 0.05) is 17.3 Å². The predicted molar refractivity (Wildman–Crippen MR) is 119 cm³/mol. The molecule has 9 nitrogen and oxygen atoms in total. The highest BCUT2D eigenvalue weighted by Crippen LogP contribution is 2.27. The summed E-state index contributed by atoms with van der Waals surface area (Å²) >= 11 is 5.79. The lowest BCUT2D eigenvalue weighted by Crippen LogP contribution is -2.29. The minimum absolute atomic E-state index is 0.0513. The van der Waals surface area contributed by atoms with Crippen molar-refractivity contribution in [1.82, 2.24) is 5.32 Å². The van der Waals surface area contributed by atoms with Crippen LogP contribution in [0.1, 0.15) is 12.0 Å². The second kappa shape index (κ2) is 12.3. The number of anilines is 1. The third kappa shape index (κ3) is 8.43. The highest BCUT2D eigenvalue weighted by atomic mass is 35.5. The van der Waals surface area contributed by atoms with Crippen LogP contribution in [0.2, 0.25) is 5.02 Å². The standard InChI is InChI=1S/C21H25ClN4O5/c1-29-17-8-3-14(11-18(17)30-2)9-10-24-21(28)13-31-26-19(23)12-20(27)25-16-6-4-15(22)5-7-16/h3-8,11H,9-10,12-13H2,1-2H3,(H2,23,26)(H,24,28)(H,25,27). The van der Waals surface area contributed by atoms with Crippen molar-refractivity contribution in [3.05, 3.63) is 53.1 Å². The van der Waals surface area contributed by atoms with Gasteiger partial charge in [0.2, 0.25) is 5.91 Å². The largest absolute Gasteiger partial charge is 0.493 e. The van der Waals surface area contributed by atoms with Crippen LogP contribution in [0.25, 0.3) is 0 Å². The molecule has 0 fully saturated rings. The van der Waals surface area contributed by atoms with E-state index < -0.39 is 0 Å². The van der Waals surface area contributed by atoms with E-state index in [1.807, 2.05) is 12.1 Å². The van der Waals surface area contributed by atoms with Crippen molar-refractivity contribution in [3.63, 3.8) is 0 Å². The molecule has 0 aliphatic heterocycles. The van der Waals surface area contributed by atoms with E-state index in [-0.39, 0.29) is 30.7 Å². The van der Waals surface area contributed by atoms with Crippen LogP contribution in [0, 0.1) is 0 Å². The zero-order valence-electron chi connectivity index (χ0n) is 17.3. The number of hydrogen-bond acceptors (Lipinski definition) is 6. The van der Waals surface area contributed by atoms with Gasteiger partial charge in [-0.3, -0.25) is 9.59 Å². The fraction of sp³-hybridized carbons (Fsp3) is 0.286. The SMILES string of the molecule is COc1ccc(CCNC(=O)CO/N=C(\N)CC(=O)Nc2ccc(Cl)cc2)cc1OC. The number of benzene rings is 2. The molecule has 0 aliphatic carbocycles. The van der Waals surface area contributed by atoms with Crippen LogP contribution in [-0.2, 0) is 20.8 Å². The predicted octanol–water partition coefficient (Wildman–Crippen LogP) is 2.33. The highest BCUT2D eigenvalue weighted by molar-refractivity contribution is 6.30. The maximum Gasteiger partial charge on any atom is 0.260 e. The van der Waals surface area contributed by atoms with Crippen LogP contribution in [0.3, 0.4) is 0 Å². The first-order chi connectivity index (χ1) is 14.9. The Balaban J connectivity index is 1.67. The van der Waals surface area contributed by atoms with Crippen LogP contribution in [0.15, 0.2) is 47.6 Å². The molecule has 31 heavy (non-hydrogen) atoms. The van der Waals surface area contributed by atoms with E-state index in [2.05, 4.69) is 15.8 Å². The lowest BCUT2D eigenvalue weighted by molar-refractivity contribution is -0.125. The first-order valence-corrected chi connectivity index (χ1v) is 9.76. The summed E-state index contributed by atoms with van der Waals surface area (Å²) in [6.07, 6.45) is 0.423. The smallest absolute Gasteiger partial charge is 0.260 e. The van der Waals surface area contributed by atoms with Gasteiger partial charge in [0.05, 0.1) is 20.6 Å². The molecule has 2 amide bonds. The van der Waals surface area contributed by atoms with Crippen molar-refractivity contribution >= 4 is 34.9 Å². The van der Waals surface area contributed by atoms with Crippen molar-refractivity contribution in [2.75, 3.05) is 32.7 Å². The van der Waals surface area contributed by atoms with E-state index in [4.69, 9.17) is 31.6 Å². The molecule has 0 radical (unpaired) electrons. The van der Waals surface area contributed by atoms with Gasteiger partial charge >= 0.3 is 0 Å². The first-order valence-electron chi connectivity index (χ1n) is 9.38. The molecule has 0 heterocycles. The Kier molecular flexibility index (Phi) is 9.44. The minimum Gasteiger partial charge on any atom is -0.493 e. The first kappa shape index (κ1) is 23.8. The van der Waals surface area contributed by atoms with Gasteiger partial charge < -0.3 is 30.7 Å². The molecule has 166 valence electrons. The number of amides is 2. The quantitative estimate of drug-likeness (QED) is 0.275. The molecule has 4 N–H and O–H groups in total. The molecule has 2 aromatic carbocycles. The van der Waals surface area contributed by atoms with E-state index in [0.29, 0.717) is 35.2 Å². The molecular weight excluding hydrogens is 424 g/mol. The number of halogens is 1. The number of nitrogens with one attached hydrogen (secondary N) is 2. The van der Waals surface area contributed by atoms with Gasteiger partial charge in [0.15, 0.2) is 18.1 Å². The summed E-state index contributed by atoms with van der Waals surface area (Å²) in [5, 5.41) is 9.51. The van der Waals surface area contributed by atoms with Crippen LogP contribution >= 0.6 is 11.6 Å². The highest BCUT2D eigenvalue weighted by Gasteiger charge is 2.08. The van der Waals surface area contributed by atoms with Gasteiger partial charge in [-0.05, 0) is 48.4 Å². The van der Waals surface area contributed by atoms with E-state index in [9.17, 15) is 9.59 Å². The number of carbonyl (C=O) groups is 2. The average molecular weight is 449 g/mol. The second-order valence-corrected chi connectivity index (χ2v) is 6.81. The Morgan fingerprint density at radius 2 is 1.74 bits per heavy atom. The molecular formula is C21H25ClN4O5. The molecule has 2 aromatic rings. The van der Waals surface area contributed by atoms with E-state index >= 15 is 0 Å². The van der Waals surface area contributed by atoms with Gasteiger partial charge in [0.25, 0.3) is 5.91 Å². The van der Waals surface area contributed by atoms with Crippen LogP contribution in [0.5, 0.6) is 11.5 Å². The zero-order valence-corrected chi connectivity index (χ0v) is 18.1. The summed E-state index contributed by atoms with van der Waals surface area (Å²) in [6, 6.07) is 12.2. The summed E-state index contributed by atoms with van der Waals surface area (Å²) in [4.78, 5) is 28.7. The third-order valence-electron chi connectivity index (χ3n) is 4.03. The number of nitrogens with two attached hydrogens (primary N) is 1. The Morgan fingerprint density at radius 1 is 1.03 bits per heavy atom. The monoisotopic (exact) mass is 448 g/mol. The zero-order chi connectivity index (χ0) is 22.6. The average Bonchev–Trinajstić information content (AvgIpc) is 2.75. The van der Waals surface area contributed by atoms with Crippen LogP contribution in [0.4, 0.5) is 5.69 Å². The summed E-state index contributed by atoms with van der Waals surface area (Å²) in [5.74, 6) is 0.485. The molecule has 0 saturated carbocycles. The van der Waals surface area contributed by atoms with Crippen molar-refractivity contribution in [2.24, 2.45) is 10.9 Å². The minimum atomic E-state index is -0.369. The fourth-order valence-electron chi connectivity index (χ4n) is 2.54. The van der Waals surface area contributed by atoms with Gasteiger partial charge in [-0.2, -0.15) is 0 Å². The Bertz CT molecular complexity index is 918. The van der Waals surface area contributed by atoms with Crippen molar-refractivity contribution in [1.29, 1.82) is 0 Å². The van der Waals surface area contributed by atoms with Gasteiger partial charge in [-0.15, -0.1) is 0 Å². The molecule has 2 rings (SSSR count). The summed E-state index contributed by atoms with van der Waals surface area (Å²) in [5.41, 5.74) is 7.21. The Morgan fingerprint density at radius 3 is 2.42 bits per heavy atom. The van der Waals surface area contributed by atoms with Crippen molar-refractivity contribution < 1.29 is 23.9 Å². The van der Waals surface area contributed by atoms with Crippen LogP contribution in [-0.4, -0.2) is 45.0 Å². The fourth-order valence-corrected chi connectivity index (χ4v) is 2.67. The van der Waals surface area contributed by atoms with Crippen molar-refractivity contribution in [3.8, 4) is 11.5 Å². The van der Waals surface area contributed by atoms with Crippen molar-refractivity contribution in [2.45, 2.75) is 12.8 Å². The number of carbonyl (C=O) groups excluding carboxylic acids is 2. The number of methoxy groups -OCH3 is 2. The number of amidine groups is 1.